The van der Waals surface area contributed by atoms with E-state index in [4.69, 9.17) is 0 Å². The Labute approximate surface area is 163 Å². The minimum absolute atomic E-state index is 0.158. The Balaban J connectivity index is 1.44. The minimum atomic E-state index is -0.158. The number of amides is 1. The highest BCUT2D eigenvalue weighted by Crippen LogP contribution is 2.29. The second-order valence-electron chi connectivity index (χ2n) is 8.71. The number of carbonyl (C=O) groups excluding carboxylic acids is 1. The Morgan fingerprint density at radius 2 is 1.74 bits per heavy atom. The number of rotatable bonds is 5. The molecule has 1 aliphatic carbocycles. The molecule has 3 fully saturated rings. The van der Waals surface area contributed by atoms with Crippen molar-refractivity contribution in [2.45, 2.75) is 56.8 Å². The molecule has 5 nitrogen and oxygen atoms in total. The van der Waals surface area contributed by atoms with E-state index >= 15 is 0 Å². The second kappa shape index (κ2) is 8.29. The summed E-state index contributed by atoms with van der Waals surface area (Å²) in [4.78, 5) is 20.6. The van der Waals surface area contributed by atoms with Crippen molar-refractivity contribution in [1.29, 1.82) is 0 Å². The number of benzene rings is 1. The largest absolute Gasteiger partial charge is 0.352 e. The molecule has 0 spiro atoms. The normalized spacial score (nSPS) is 27.4. The highest BCUT2D eigenvalue weighted by atomic mass is 16.2. The van der Waals surface area contributed by atoms with Crippen molar-refractivity contribution in [3.63, 3.8) is 0 Å². The van der Waals surface area contributed by atoms with Crippen molar-refractivity contribution >= 4 is 5.91 Å². The van der Waals surface area contributed by atoms with Gasteiger partial charge in [-0.15, -0.1) is 0 Å². The maximum Gasteiger partial charge on any atom is 0.242 e. The van der Waals surface area contributed by atoms with Crippen molar-refractivity contribution in [3.8, 4) is 0 Å². The Morgan fingerprint density at radius 3 is 2.37 bits per heavy atom. The van der Waals surface area contributed by atoms with Crippen molar-refractivity contribution in [3.05, 3.63) is 35.9 Å². The molecule has 0 radical (unpaired) electrons. The fourth-order valence-electron chi connectivity index (χ4n) is 4.77. The maximum atomic E-state index is 13.0. The van der Waals surface area contributed by atoms with Gasteiger partial charge in [-0.05, 0) is 58.3 Å². The first-order valence-electron chi connectivity index (χ1n) is 10.7. The molecule has 1 amide bonds. The second-order valence-corrected chi connectivity index (χ2v) is 8.71. The molecule has 2 heterocycles. The Morgan fingerprint density at radius 1 is 1.04 bits per heavy atom. The Bertz CT molecular complexity index is 624. The van der Waals surface area contributed by atoms with Gasteiger partial charge in [0.1, 0.15) is 6.04 Å². The quantitative estimate of drug-likeness (QED) is 0.862. The van der Waals surface area contributed by atoms with Crippen molar-refractivity contribution < 1.29 is 4.79 Å². The molecule has 2 aliphatic heterocycles. The summed E-state index contributed by atoms with van der Waals surface area (Å²) in [7, 11) is 2.22. The average molecular weight is 371 g/mol. The summed E-state index contributed by atoms with van der Waals surface area (Å²) >= 11 is 0. The number of hydrogen-bond acceptors (Lipinski definition) is 4. The first-order chi connectivity index (χ1) is 13.1. The molecule has 2 atom stereocenters. The number of piperidine rings is 1. The molecule has 0 aromatic heterocycles. The fraction of sp³-hybridized carbons (Fsp3) is 0.682. The van der Waals surface area contributed by atoms with Crippen LogP contribution in [-0.2, 0) is 4.79 Å². The molecule has 27 heavy (non-hydrogen) atoms. The van der Waals surface area contributed by atoms with E-state index in [9.17, 15) is 4.79 Å². The van der Waals surface area contributed by atoms with Gasteiger partial charge in [0.15, 0.2) is 0 Å². The van der Waals surface area contributed by atoms with Gasteiger partial charge in [0.25, 0.3) is 0 Å². The van der Waals surface area contributed by atoms with Crippen LogP contribution in [0.4, 0.5) is 0 Å². The summed E-state index contributed by atoms with van der Waals surface area (Å²) in [5, 5.41) is 3.24. The van der Waals surface area contributed by atoms with Crippen LogP contribution in [0.15, 0.2) is 30.3 Å². The third-order valence-electron chi connectivity index (χ3n) is 6.52. The molecule has 1 saturated carbocycles. The molecule has 4 rings (SSSR count). The van der Waals surface area contributed by atoms with Gasteiger partial charge in [0.05, 0.1) is 0 Å². The van der Waals surface area contributed by atoms with Crippen LogP contribution in [-0.4, -0.2) is 78.5 Å². The summed E-state index contributed by atoms with van der Waals surface area (Å²) in [5.74, 6) is 0.184. The van der Waals surface area contributed by atoms with E-state index in [1.165, 1.54) is 25.9 Å². The molecule has 1 aromatic carbocycles. The van der Waals surface area contributed by atoms with Crippen molar-refractivity contribution in [2.75, 3.05) is 39.8 Å². The van der Waals surface area contributed by atoms with Crippen LogP contribution in [0.1, 0.15) is 44.2 Å². The van der Waals surface area contributed by atoms with Crippen LogP contribution in [0.5, 0.6) is 0 Å². The van der Waals surface area contributed by atoms with Gasteiger partial charge >= 0.3 is 0 Å². The summed E-state index contributed by atoms with van der Waals surface area (Å²) in [6, 6.07) is 11.8. The lowest BCUT2D eigenvalue weighted by molar-refractivity contribution is -0.128. The lowest BCUT2D eigenvalue weighted by Crippen LogP contribution is -2.59. The van der Waals surface area contributed by atoms with Gasteiger partial charge in [0, 0.05) is 37.8 Å². The van der Waals surface area contributed by atoms with Crippen LogP contribution in [0.3, 0.4) is 0 Å². The van der Waals surface area contributed by atoms with E-state index < -0.39 is 0 Å². The number of piperazine rings is 1. The van der Waals surface area contributed by atoms with Crippen molar-refractivity contribution in [1.82, 2.24) is 20.0 Å². The Hall–Kier alpha value is -1.43. The molecule has 1 N–H and O–H groups in total. The standard InChI is InChI=1S/C22H34N4O/c1-17-16-25(14-15-26(17)20-10-12-24(2)13-11-20)21(18-6-4-3-5-7-18)22(27)23-19-8-9-19/h3-7,17,19-21H,8-16H2,1-2H3,(H,23,27)/t17-,21+/m0/s1. The molecule has 5 heteroatoms. The first kappa shape index (κ1) is 18.9. The van der Waals surface area contributed by atoms with Crippen LogP contribution < -0.4 is 5.32 Å². The van der Waals surface area contributed by atoms with E-state index in [0.717, 1.165) is 38.0 Å². The topological polar surface area (TPSA) is 38.8 Å². The van der Waals surface area contributed by atoms with E-state index in [2.05, 4.69) is 46.1 Å². The average Bonchev–Trinajstić information content (AvgIpc) is 3.48. The molecule has 148 valence electrons. The fourth-order valence-corrected chi connectivity index (χ4v) is 4.77. The number of nitrogens with zero attached hydrogens (tertiary/aromatic N) is 3. The highest BCUT2D eigenvalue weighted by Gasteiger charge is 2.37. The van der Waals surface area contributed by atoms with Crippen molar-refractivity contribution in [2.24, 2.45) is 0 Å². The van der Waals surface area contributed by atoms with E-state index in [1.807, 2.05) is 18.2 Å². The summed E-state index contributed by atoms with van der Waals surface area (Å²) < 4.78 is 0. The molecule has 3 aliphatic rings. The van der Waals surface area contributed by atoms with E-state index in [0.29, 0.717) is 18.1 Å². The van der Waals surface area contributed by atoms with Gasteiger partial charge in [-0.2, -0.15) is 0 Å². The lowest BCUT2D eigenvalue weighted by atomic mass is 9.98. The number of hydrogen-bond donors (Lipinski definition) is 1. The third kappa shape index (κ3) is 4.53. The zero-order valence-electron chi connectivity index (χ0n) is 16.8. The van der Waals surface area contributed by atoms with Crippen LogP contribution in [0, 0.1) is 0 Å². The summed E-state index contributed by atoms with van der Waals surface area (Å²) in [5.41, 5.74) is 1.12. The van der Waals surface area contributed by atoms with Gasteiger partial charge < -0.3 is 10.2 Å². The molecule has 1 aromatic rings. The highest BCUT2D eigenvalue weighted by molar-refractivity contribution is 5.83. The molecular formula is C22H34N4O. The zero-order valence-corrected chi connectivity index (χ0v) is 16.8. The number of nitrogens with one attached hydrogen (secondary N) is 1. The van der Waals surface area contributed by atoms with Crippen LogP contribution in [0.25, 0.3) is 0 Å². The SMILES string of the molecule is C[C@H]1CN([C@@H](C(=O)NC2CC2)c2ccccc2)CCN1C1CCN(C)CC1. The predicted octanol–water partition coefficient (Wildman–Crippen LogP) is 2.11. The van der Waals surface area contributed by atoms with E-state index in [1.54, 1.807) is 0 Å². The number of likely N-dealkylation sites (tertiary alicyclic amines) is 1. The van der Waals surface area contributed by atoms with Crippen LogP contribution >= 0.6 is 0 Å². The van der Waals surface area contributed by atoms with E-state index in [-0.39, 0.29) is 11.9 Å². The monoisotopic (exact) mass is 370 g/mol. The lowest BCUT2D eigenvalue weighted by Gasteiger charge is -2.47. The molecule has 2 saturated heterocycles. The van der Waals surface area contributed by atoms with Gasteiger partial charge in [-0.3, -0.25) is 14.6 Å². The molecule has 0 unspecified atom stereocenters. The minimum Gasteiger partial charge on any atom is -0.352 e. The zero-order chi connectivity index (χ0) is 18.8. The van der Waals surface area contributed by atoms with Gasteiger partial charge in [-0.1, -0.05) is 30.3 Å². The summed E-state index contributed by atoms with van der Waals surface area (Å²) in [6.07, 6.45) is 4.80. The smallest absolute Gasteiger partial charge is 0.242 e. The van der Waals surface area contributed by atoms with Gasteiger partial charge in [-0.25, -0.2) is 0 Å². The first-order valence-corrected chi connectivity index (χ1v) is 10.7. The third-order valence-corrected chi connectivity index (χ3v) is 6.52. The number of carbonyl (C=O) groups is 1. The Kier molecular flexibility index (Phi) is 5.81. The predicted molar refractivity (Wildman–Crippen MR) is 109 cm³/mol. The molecule has 0 bridgehead atoms. The molecular weight excluding hydrogens is 336 g/mol. The maximum absolute atomic E-state index is 13.0. The summed E-state index contributed by atoms with van der Waals surface area (Å²) in [6.45, 7) is 7.74. The van der Waals surface area contributed by atoms with Gasteiger partial charge in [0.2, 0.25) is 5.91 Å². The van der Waals surface area contributed by atoms with Crippen LogP contribution in [0.2, 0.25) is 0 Å².